The summed E-state index contributed by atoms with van der Waals surface area (Å²) in [6.07, 6.45) is 1.96. The van der Waals surface area contributed by atoms with Gasteiger partial charge in [0.05, 0.1) is 0 Å². The fourth-order valence-corrected chi connectivity index (χ4v) is 4.76. The van der Waals surface area contributed by atoms with Gasteiger partial charge in [-0.05, 0) is 42.5 Å². The summed E-state index contributed by atoms with van der Waals surface area (Å²) < 4.78 is 0. The average Bonchev–Trinajstić information content (AvgIpc) is 3.31. The van der Waals surface area contributed by atoms with E-state index in [9.17, 15) is 14.4 Å². The first-order valence-electron chi connectivity index (χ1n) is 9.33. The minimum atomic E-state index is -0.550. The Balaban J connectivity index is 1.28. The van der Waals surface area contributed by atoms with Crippen LogP contribution in [0.3, 0.4) is 0 Å². The van der Waals surface area contributed by atoms with Crippen molar-refractivity contribution in [2.24, 2.45) is 5.92 Å². The van der Waals surface area contributed by atoms with Crippen molar-refractivity contribution in [3.63, 3.8) is 0 Å². The third kappa shape index (κ3) is 2.46. The summed E-state index contributed by atoms with van der Waals surface area (Å²) in [5.74, 6) is 0.00902. The van der Waals surface area contributed by atoms with Crippen molar-refractivity contribution in [1.82, 2.24) is 20.9 Å². The summed E-state index contributed by atoms with van der Waals surface area (Å²) >= 11 is 0. The van der Waals surface area contributed by atoms with E-state index in [1.807, 2.05) is 12.1 Å². The first-order valence-corrected chi connectivity index (χ1v) is 9.33. The lowest BCUT2D eigenvalue weighted by molar-refractivity contribution is -0.136. The Morgan fingerprint density at radius 2 is 2.12 bits per heavy atom. The lowest BCUT2D eigenvalue weighted by atomic mass is 9.80. The first-order chi connectivity index (χ1) is 12.6. The Hall–Kier alpha value is -2.25. The monoisotopic (exact) mass is 354 g/mol. The predicted molar refractivity (Wildman–Crippen MR) is 93.0 cm³/mol. The molecule has 3 N–H and O–H groups in total. The molecular weight excluding hydrogens is 332 g/mol. The molecule has 1 aromatic carbocycles. The minimum absolute atomic E-state index is 0.116. The lowest BCUT2D eigenvalue weighted by Gasteiger charge is -2.35. The van der Waals surface area contributed by atoms with Gasteiger partial charge in [-0.2, -0.15) is 0 Å². The van der Waals surface area contributed by atoms with Crippen molar-refractivity contribution < 1.29 is 14.4 Å². The van der Waals surface area contributed by atoms with Crippen LogP contribution in [0.15, 0.2) is 18.2 Å². The number of rotatable bonds is 4. The zero-order chi connectivity index (χ0) is 17.8. The molecule has 4 heterocycles. The van der Waals surface area contributed by atoms with Crippen molar-refractivity contribution >= 4 is 17.7 Å². The lowest BCUT2D eigenvalue weighted by Crippen LogP contribution is -2.52. The van der Waals surface area contributed by atoms with Gasteiger partial charge in [0.1, 0.15) is 6.04 Å². The fourth-order valence-electron chi connectivity index (χ4n) is 4.76. The Kier molecular flexibility index (Phi) is 3.62. The van der Waals surface area contributed by atoms with Crippen LogP contribution in [0, 0.1) is 5.92 Å². The molecule has 7 nitrogen and oxygen atoms in total. The normalized spacial score (nSPS) is 32.5. The summed E-state index contributed by atoms with van der Waals surface area (Å²) in [6.45, 7) is 2.34. The summed E-state index contributed by atoms with van der Waals surface area (Å²) in [7, 11) is 0. The number of nitrogens with one attached hydrogen (secondary N) is 3. The van der Waals surface area contributed by atoms with E-state index >= 15 is 0 Å². The van der Waals surface area contributed by atoms with E-state index in [4.69, 9.17) is 0 Å². The number of carbonyl (C=O) groups is 3. The van der Waals surface area contributed by atoms with E-state index in [0.29, 0.717) is 30.6 Å². The molecule has 3 amide bonds. The molecule has 3 saturated heterocycles. The molecule has 2 bridgehead atoms. The highest BCUT2D eigenvalue weighted by Gasteiger charge is 2.46. The molecule has 1 aliphatic carbocycles. The molecule has 0 radical (unpaired) electrons. The number of amides is 3. The molecule has 0 spiro atoms. The molecule has 1 saturated carbocycles. The number of carbonyl (C=O) groups excluding carboxylic acids is 3. The molecular formula is C19H22N4O3. The van der Waals surface area contributed by atoms with Gasteiger partial charge in [0.2, 0.25) is 11.8 Å². The largest absolute Gasteiger partial charge is 0.322 e. The smallest absolute Gasteiger partial charge is 0.255 e. The van der Waals surface area contributed by atoms with Crippen LogP contribution in [0.2, 0.25) is 0 Å². The van der Waals surface area contributed by atoms with Crippen LogP contribution in [-0.4, -0.2) is 47.3 Å². The third-order valence-electron chi connectivity index (χ3n) is 6.27. The summed E-state index contributed by atoms with van der Waals surface area (Å²) in [5.41, 5.74) is 2.80. The molecule has 4 aliphatic heterocycles. The average molecular weight is 354 g/mol. The zero-order valence-electron chi connectivity index (χ0n) is 14.5. The molecule has 6 rings (SSSR count). The molecule has 1 unspecified atom stereocenters. The second-order valence-electron chi connectivity index (χ2n) is 7.81. The second-order valence-corrected chi connectivity index (χ2v) is 7.81. The number of imide groups is 1. The van der Waals surface area contributed by atoms with Gasteiger partial charge in [0.25, 0.3) is 5.91 Å². The highest BCUT2D eigenvalue weighted by Crippen LogP contribution is 2.34. The van der Waals surface area contributed by atoms with E-state index in [-0.39, 0.29) is 24.1 Å². The fraction of sp³-hybridized carbons (Fsp3) is 0.526. The Morgan fingerprint density at radius 3 is 2.85 bits per heavy atom. The van der Waals surface area contributed by atoms with Crippen LogP contribution in [0.1, 0.15) is 40.7 Å². The molecule has 7 heteroatoms. The molecule has 136 valence electrons. The Bertz CT molecular complexity index is 794. The standard InChI is InChI=1S/C19H22N4O3/c24-16-4-3-15(18(25)22-16)23-9-12-5-10(1-2-13(12)19(23)26)7-21-17-11-6-14(17)20-8-11/h1-2,5,11,14-15,17,20-21H,3-4,6-9H2,(H,22,24,25)/t11-,14-,15?,17-/m1/s1. The number of hydrogen-bond donors (Lipinski definition) is 3. The van der Waals surface area contributed by atoms with E-state index in [2.05, 4.69) is 22.0 Å². The third-order valence-corrected chi connectivity index (χ3v) is 6.27. The van der Waals surface area contributed by atoms with Crippen LogP contribution in [0.4, 0.5) is 0 Å². The van der Waals surface area contributed by atoms with Gasteiger partial charge >= 0.3 is 0 Å². The minimum Gasteiger partial charge on any atom is -0.322 e. The number of benzene rings is 1. The van der Waals surface area contributed by atoms with Gasteiger partial charge in [0.15, 0.2) is 0 Å². The van der Waals surface area contributed by atoms with Crippen LogP contribution >= 0.6 is 0 Å². The zero-order valence-corrected chi connectivity index (χ0v) is 14.5. The van der Waals surface area contributed by atoms with Crippen molar-refractivity contribution in [1.29, 1.82) is 0 Å². The van der Waals surface area contributed by atoms with Gasteiger partial charge in [-0.3, -0.25) is 19.7 Å². The maximum absolute atomic E-state index is 12.7. The quantitative estimate of drug-likeness (QED) is 0.657. The van der Waals surface area contributed by atoms with Gasteiger partial charge in [-0.1, -0.05) is 12.1 Å². The van der Waals surface area contributed by atoms with Crippen LogP contribution in [0.25, 0.3) is 0 Å². The molecule has 0 aromatic heterocycles. The molecule has 4 atom stereocenters. The SMILES string of the molecule is O=C1CCC(N2Cc3cc(CN[C@@H]4[C@H]5CN[C@@H]4C5)ccc3C2=O)C(=O)N1. The number of piperidine rings is 1. The molecule has 5 aliphatic rings. The maximum atomic E-state index is 12.7. The second kappa shape index (κ2) is 5.89. The van der Waals surface area contributed by atoms with Crippen LogP contribution < -0.4 is 16.0 Å². The van der Waals surface area contributed by atoms with Crippen LogP contribution in [-0.2, 0) is 22.7 Å². The number of fused-ring (bicyclic) bond motifs is 2. The first kappa shape index (κ1) is 16.0. The maximum Gasteiger partial charge on any atom is 0.255 e. The molecule has 26 heavy (non-hydrogen) atoms. The Labute approximate surface area is 151 Å². The van der Waals surface area contributed by atoms with E-state index in [0.717, 1.165) is 30.1 Å². The predicted octanol–water partition coefficient (Wildman–Crippen LogP) is -0.102. The van der Waals surface area contributed by atoms with Gasteiger partial charge < -0.3 is 15.5 Å². The van der Waals surface area contributed by atoms with Gasteiger partial charge in [-0.15, -0.1) is 0 Å². The summed E-state index contributed by atoms with van der Waals surface area (Å²) in [4.78, 5) is 37.7. The van der Waals surface area contributed by atoms with E-state index < -0.39 is 6.04 Å². The number of hydrogen-bond acceptors (Lipinski definition) is 5. The van der Waals surface area contributed by atoms with Crippen molar-refractivity contribution in [2.45, 2.75) is 50.5 Å². The number of nitrogens with zero attached hydrogens (tertiary/aromatic N) is 1. The topological polar surface area (TPSA) is 90.5 Å². The van der Waals surface area contributed by atoms with Gasteiger partial charge in [0, 0.05) is 37.2 Å². The Morgan fingerprint density at radius 1 is 1.23 bits per heavy atom. The van der Waals surface area contributed by atoms with Crippen molar-refractivity contribution in [3.05, 3.63) is 34.9 Å². The summed E-state index contributed by atoms with van der Waals surface area (Å²) in [6, 6.07) is 6.55. The molecule has 1 aromatic rings. The highest BCUT2D eigenvalue weighted by molar-refractivity contribution is 6.05. The van der Waals surface area contributed by atoms with Crippen molar-refractivity contribution in [3.8, 4) is 0 Å². The van der Waals surface area contributed by atoms with Gasteiger partial charge in [-0.25, -0.2) is 0 Å². The highest BCUT2D eigenvalue weighted by atomic mass is 16.2. The van der Waals surface area contributed by atoms with E-state index in [1.165, 1.54) is 6.42 Å². The summed E-state index contributed by atoms with van der Waals surface area (Å²) in [5, 5.41) is 9.46. The van der Waals surface area contributed by atoms with Crippen molar-refractivity contribution in [2.75, 3.05) is 6.54 Å². The molecule has 4 fully saturated rings. The van der Waals surface area contributed by atoms with Crippen LogP contribution in [0.5, 0.6) is 0 Å². The van der Waals surface area contributed by atoms with E-state index in [1.54, 1.807) is 4.90 Å².